The van der Waals surface area contributed by atoms with Crippen molar-refractivity contribution < 1.29 is 4.74 Å². The SMILES string of the molecule is Cl.Clc1ncc(COCC2CCCNC2)s1. The van der Waals surface area contributed by atoms with Crippen LogP contribution in [0.2, 0.25) is 4.47 Å². The molecular formula is C10H16Cl2N2OS. The van der Waals surface area contributed by atoms with Crippen molar-refractivity contribution in [1.29, 1.82) is 0 Å². The van der Waals surface area contributed by atoms with Gasteiger partial charge in [-0.05, 0) is 25.3 Å². The Morgan fingerprint density at radius 1 is 1.62 bits per heavy atom. The molecule has 3 nitrogen and oxygen atoms in total. The Labute approximate surface area is 111 Å². The van der Waals surface area contributed by atoms with Gasteiger partial charge in [-0.3, -0.25) is 0 Å². The first-order chi connectivity index (χ1) is 7.34. The number of hydrogen-bond donors (Lipinski definition) is 1. The lowest BCUT2D eigenvalue weighted by atomic mass is 10.0. The van der Waals surface area contributed by atoms with Crippen LogP contribution in [0.5, 0.6) is 0 Å². The third kappa shape index (κ3) is 4.55. The minimum absolute atomic E-state index is 0. The van der Waals surface area contributed by atoms with Crippen molar-refractivity contribution >= 4 is 35.3 Å². The number of hydrogen-bond acceptors (Lipinski definition) is 4. The largest absolute Gasteiger partial charge is 0.376 e. The Morgan fingerprint density at radius 3 is 3.12 bits per heavy atom. The molecule has 6 heteroatoms. The maximum absolute atomic E-state index is 5.73. The zero-order chi connectivity index (χ0) is 10.5. The van der Waals surface area contributed by atoms with Gasteiger partial charge < -0.3 is 10.1 Å². The van der Waals surface area contributed by atoms with Crippen LogP contribution in [-0.4, -0.2) is 24.7 Å². The quantitative estimate of drug-likeness (QED) is 0.922. The van der Waals surface area contributed by atoms with Crippen LogP contribution >= 0.6 is 35.3 Å². The van der Waals surface area contributed by atoms with Gasteiger partial charge in [0.1, 0.15) is 0 Å². The maximum atomic E-state index is 5.73. The van der Waals surface area contributed by atoms with Gasteiger partial charge >= 0.3 is 0 Å². The number of nitrogens with zero attached hydrogens (tertiary/aromatic N) is 1. The Morgan fingerprint density at radius 2 is 2.50 bits per heavy atom. The topological polar surface area (TPSA) is 34.1 Å². The smallest absolute Gasteiger partial charge is 0.183 e. The van der Waals surface area contributed by atoms with Crippen LogP contribution in [0.25, 0.3) is 0 Å². The Bertz CT molecular complexity index is 303. The first-order valence-electron chi connectivity index (χ1n) is 5.23. The molecule has 1 aromatic rings. The van der Waals surface area contributed by atoms with Crippen molar-refractivity contribution in [2.24, 2.45) is 5.92 Å². The fourth-order valence-corrected chi connectivity index (χ4v) is 2.66. The fourth-order valence-electron chi connectivity index (χ4n) is 1.74. The first kappa shape index (κ1) is 14.2. The number of halogens is 2. The van der Waals surface area contributed by atoms with Crippen molar-refractivity contribution in [1.82, 2.24) is 10.3 Å². The van der Waals surface area contributed by atoms with Crippen LogP contribution in [0.1, 0.15) is 17.7 Å². The fraction of sp³-hybridized carbons (Fsp3) is 0.700. The van der Waals surface area contributed by atoms with Crippen molar-refractivity contribution in [2.45, 2.75) is 19.4 Å². The summed E-state index contributed by atoms with van der Waals surface area (Å²) in [7, 11) is 0. The van der Waals surface area contributed by atoms with Crippen LogP contribution in [0, 0.1) is 5.92 Å². The standard InChI is InChI=1S/C10H15ClN2OS.ClH/c11-10-13-5-9(15-10)7-14-6-8-2-1-3-12-4-8;/h5,8,12H,1-4,6-7H2;1H. The molecule has 1 aliphatic rings. The van der Waals surface area contributed by atoms with E-state index in [1.54, 1.807) is 6.20 Å². The summed E-state index contributed by atoms with van der Waals surface area (Å²) >= 11 is 7.22. The number of thiazole rings is 1. The normalized spacial score (nSPS) is 20.4. The van der Waals surface area contributed by atoms with E-state index < -0.39 is 0 Å². The second-order valence-corrected chi connectivity index (χ2v) is 5.50. The van der Waals surface area contributed by atoms with Gasteiger partial charge in [-0.2, -0.15) is 0 Å². The predicted octanol–water partition coefficient (Wildman–Crippen LogP) is 2.73. The lowest BCUT2D eigenvalue weighted by Crippen LogP contribution is -2.32. The summed E-state index contributed by atoms with van der Waals surface area (Å²) in [6.45, 7) is 3.72. The summed E-state index contributed by atoms with van der Waals surface area (Å²) in [4.78, 5) is 5.07. The summed E-state index contributed by atoms with van der Waals surface area (Å²) in [5.74, 6) is 0.669. The van der Waals surface area contributed by atoms with Crippen LogP contribution in [0.15, 0.2) is 6.20 Å². The molecule has 0 spiro atoms. The Hall–Kier alpha value is 0.130. The predicted molar refractivity (Wildman–Crippen MR) is 69.6 cm³/mol. The van der Waals surface area contributed by atoms with Crippen LogP contribution < -0.4 is 5.32 Å². The maximum Gasteiger partial charge on any atom is 0.183 e. The third-order valence-electron chi connectivity index (χ3n) is 2.52. The number of aromatic nitrogens is 1. The van der Waals surface area contributed by atoms with E-state index in [1.807, 2.05) is 0 Å². The molecule has 1 aliphatic heterocycles. The molecule has 92 valence electrons. The van der Waals surface area contributed by atoms with Crippen LogP contribution in [0.4, 0.5) is 0 Å². The van der Waals surface area contributed by atoms with Gasteiger partial charge in [0.2, 0.25) is 0 Å². The summed E-state index contributed by atoms with van der Waals surface area (Å²) in [5, 5.41) is 3.38. The second kappa shape index (κ2) is 7.45. The van der Waals surface area contributed by atoms with Gasteiger partial charge in [-0.15, -0.1) is 23.7 Å². The van der Waals surface area contributed by atoms with Gasteiger partial charge in [-0.1, -0.05) is 11.6 Å². The monoisotopic (exact) mass is 282 g/mol. The van der Waals surface area contributed by atoms with Crippen LogP contribution in [-0.2, 0) is 11.3 Å². The van der Waals surface area contributed by atoms with E-state index in [0.717, 1.165) is 24.6 Å². The molecule has 0 radical (unpaired) electrons. The molecular weight excluding hydrogens is 267 g/mol. The highest BCUT2D eigenvalue weighted by Gasteiger charge is 2.12. The number of piperidine rings is 1. The average Bonchev–Trinajstić information content (AvgIpc) is 2.66. The average molecular weight is 283 g/mol. The molecule has 1 atom stereocenters. The van der Waals surface area contributed by atoms with Gasteiger partial charge in [0.25, 0.3) is 0 Å². The summed E-state index contributed by atoms with van der Waals surface area (Å²) in [6.07, 6.45) is 4.32. The zero-order valence-corrected chi connectivity index (χ0v) is 11.3. The number of ether oxygens (including phenoxy) is 1. The summed E-state index contributed by atoms with van der Waals surface area (Å²) in [5.41, 5.74) is 0. The third-order valence-corrected chi connectivity index (χ3v) is 3.61. The van der Waals surface area contributed by atoms with E-state index in [2.05, 4.69) is 10.3 Å². The molecule has 1 fully saturated rings. The highest BCUT2D eigenvalue weighted by atomic mass is 35.5. The molecule has 16 heavy (non-hydrogen) atoms. The number of nitrogens with one attached hydrogen (secondary N) is 1. The van der Waals surface area contributed by atoms with E-state index in [-0.39, 0.29) is 12.4 Å². The van der Waals surface area contributed by atoms with Gasteiger partial charge in [0.05, 0.1) is 18.1 Å². The summed E-state index contributed by atoms with van der Waals surface area (Å²) < 4.78 is 6.23. The minimum Gasteiger partial charge on any atom is -0.376 e. The highest BCUT2D eigenvalue weighted by Crippen LogP contribution is 2.19. The summed E-state index contributed by atoms with van der Waals surface area (Å²) in [6, 6.07) is 0. The first-order valence-corrected chi connectivity index (χ1v) is 6.42. The van der Waals surface area contributed by atoms with E-state index in [4.69, 9.17) is 16.3 Å². The van der Waals surface area contributed by atoms with Gasteiger partial charge in [-0.25, -0.2) is 4.98 Å². The lowest BCUT2D eigenvalue weighted by Gasteiger charge is -2.22. The van der Waals surface area contributed by atoms with Crippen molar-refractivity contribution in [3.63, 3.8) is 0 Å². The Kier molecular flexibility index (Phi) is 6.61. The number of rotatable bonds is 4. The Balaban J connectivity index is 0.00000128. The molecule has 1 aromatic heterocycles. The van der Waals surface area contributed by atoms with Crippen LogP contribution in [0.3, 0.4) is 0 Å². The van der Waals surface area contributed by atoms with E-state index in [1.165, 1.54) is 24.2 Å². The molecule has 0 amide bonds. The minimum atomic E-state index is 0. The van der Waals surface area contributed by atoms with Crippen molar-refractivity contribution in [2.75, 3.05) is 19.7 Å². The van der Waals surface area contributed by atoms with Crippen molar-refractivity contribution in [3.8, 4) is 0 Å². The highest BCUT2D eigenvalue weighted by molar-refractivity contribution is 7.15. The van der Waals surface area contributed by atoms with E-state index in [0.29, 0.717) is 17.0 Å². The second-order valence-electron chi connectivity index (χ2n) is 3.81. The van der Waals surface area contributed by atoms with Crippen molar-refractivity contribution in [3.05, 3.63) is 15.5 Å². The molecule has 0 bridgehead atoms. The lowest BCUT2D eigenvalue weighted by molar-refractivity contribution is 0.0798. The molecule has 0 aliphatic carbocycles. The molecule has 2 heterocycles. The molecule has 1 saturated heterocycles. The molecule has 0 aromatic carbocycles. The van der Waals surface area contributed by atoms with E-state index in [9.17, 15) is 0 Å². The van der Waals surface area contributed by atoms with E-state index >= 15 is 0 Å². The zero-order valence-electron chi connectivity index (χ0n) is 8.95. The molecule has 2 rings (SSSR count). The van der Waals surface area contributed by atoms with Gasteiger partial charge in [0.15, 0.2) is 4.47 Å². The molecule has 0 saturated carbocycles. The van der Waals surface area contributed by atoms with Gasteiger partial charge in [0, 0.05) is 12.7 Å². The molecule has 1 N–H and O–H groups in total. The molecule has 1 unspecified atom stereocenters.